The Morgan fingerprint density at radius 2 is 2.12 bits per heavy atom. The zero-order chi connectivity index (χ0) is 17.6. The Balaban J connectivity index is 1.59. The Kier molecular flexibility index (Phi) is 5.78. The summed E-state index contributed by atoms with van der Waals surface area (Å²) in [5, 5.41) is 6.76. The van der Waals surface area contributed by atoms with Gasteiger partial charge >= 0.3 is 0 Å². The van der Waals surface area contributed by atoms with Crippen molar-refractivity contribution in [3.63, 3.8) is 0 Å². The smallest absolute Gasteiger partial charge is 0.237 e. The summed E-state index contributed by atoms with van der Waals surface area (Å²) in [6, 6.07) is 7.84. The van der Waals surface area contributed by atoms with Crippen LogP contribution in [0, 0.1) is 5.82 Å². The molecule has 0 saturated carbocycles. The Labute approximate surface area is 145 Å². The monoisotopic (exact) mass is 347 g/mol. The van der Waals surface area contributed by atoms with Gasteiger partial charge in [-0.05, 0) is 18.6 Å². The Morgan fingerprint density at radius 3 is 2.84 bits per heavy atom. The number of carbonyl (C=O) groups is 1. The van der Waals surface area contributed by atoms with Gasteiger partial charge in [-0.15, -0.1) is 0 Å². The van der Waals surface area contributed by atoms with E-state index in [1.54, 1.807) is 24.3 Å². The highest BCUT2D eigenvalue weighted by molar-refractivity contribution is 5.81. The lowest BCUT2D eigenvalue weighted by Gasteiger charge is -2.32. The molecule has 1 aliphatic rings. The molecule has 0 bridgehead atoms. The largest absolute Gasteiger partial charge is 0.379 e. The topological polar surface area (TPSA) is 67.6 Å². The van der Waals surface area contributed by atoms with E-state index in [4.69, 9.17) is 9.26 Å². The molecule has 1 aliphatic heterocycles. The van der Waals surface area contributed by atoms with Gasteiger partial charge in [0.1, 0.15) is 11.5 Å². The number of nitrogens with zero attached hydrogens (tertiary/aromatic N) is 2. The Bertz CT molecular complexity index is 713. The lowest BCUT2D eigenvalue weighted by molar-refractivity contribution is -0.128. The second-order valence-corrected chi connectivity index (χ2v) is 5.95. The number of ether oxygens (including phenoxy) is 1. The standard InChI is InChI=1S/C18H22FN3O3/c1-2-17(22-7-9-24-10-8-22)18(23)20-12-13-11-16(21-25-13)14-5-3-4-6-15(14)19/h3-6,11,17H,2,7-10,12H2,1H3,(H,20,23)/t17-/m1/s1. The second kappa shape index (κ2) is 8.22. The minimum Gasteiger partial charge on any atom is -0.379 e. The van der Waals surface area contributed by atoms with Crippen molar-refractivity contribution in [3.8, 4) is 11.3 Å². The number of aromatic nitrogens is 1. The van der Waals surface area contributed by atoms with Crippen LogP contribution in [0.4, 0.5) is 4.39 Å². The first-order valence-corrected chi connectivity index (χ1v) is 8.49. The zero-order valence-corrected chi connectivity index (χ0v) is 14.2. The summed E-state index contributed by atoms with van der Waals surface area (Å²) in [7, 11) is 0. The van der Waals surface area contributed by atoms with Gasteiger partial charge in [0.25, 0.3) is 0 Å². The van der Waals surface area contributed by atoms with Crippen LogP contribution in [0.5, 0.6) is 0 Å². The maximum absolute atomic E-state index is 13.8. The van der Waals surface area contributed by atoms with E-state index in [0.717, 1.165) is 19.5 Å². The molecule has 1 saturated heterocycles. The van der Waals surface area contributed by atoms with Crippen LogP contribution in [0.3, 0.4) is 0 Å². The van der Waals surface area contributed by atoms with Gasteiger partial charge in [-0.2, -0.15) is 0 Å². The molecule has 0 radical (unpaired) electrons. The molecular formula is C18H22FN3O3. The summed E-state index contributed by atoms with van der Waals surface area (Å²) in [5.74, 6) is 0.0847. The Morgan fingerprint density at radius 1 is 1.36 bits per heavy atom. The van der Waals surface area contributed by atoms with Crippen molar-refractivity contribution in [2.75, 3.05) is 26.3 Å². The first-order valence-electron chi connectivity index (χ1n) is 8.49. The van der Waals surface area contributed by atoms with Gasteiger partial charge in [0.15, 0.2) is 5.76 Å². The summed E-state index contributed by atoms with van der Waals surface area (Å²) >= 11 is 0. The number of amides is 1. The van der Waals surface area contributed by atoms with Gasteiger partial charge in [0.2, 0.25) is 5.91 Å². The molecule has 2 heterocycles. The van der Waals surface area contributed by atoms with Crippen molar-refractivity contribution in [2.45, 2.75) is 25.9 Å². The molecule has 1 aromatic carbocycles. The van der Waals surface area contributed by atoms with Crippen LogP contribution in [0.15, 0.2) is 34.9 Å². The van der Waals surface area contributed by atoms with Gasteiger partial charge in [-0.3, -0.25) is 9.69 Å². The van der Waals surface area contributed by atoms with Crippen LogP contribution in [0.2, 0.25) is 0 Å². The molecule has 0 aliphatic carbocycles. The Hall–Kier alpha value is -2.25. The van der Waals surface area contributed by atoms with E-state index in [2.05, 4.69) is 15.4 Å². The molecule has 25 heavy (non-hydrogen) atoms. The average molecular weight is 347 g/mol. The van der Waals surface area contributed by atoms with Crippen molar-refractivity contribution in [1.29, 1.82) is 0 Å². The van der Waals surface area contributed by atoms with Crippen LogP contribution in [-0.4, -0.2) is 48.3 Å². The number of carbonyl (C=O) groups excluding carboxylic acids is 1. The quantitative estimate of drug-likeness (QED) is 0.868. The number of rotatable bonds is 6. The molecule has 2 aromatic rings. The predicted molar refractivity (Wildman–Crippen MR) is 90.2 cm³/mol. The van der Waals surface area contributed by atoms with E-state index < -0.39 is 0 Å². The van der Waals surface area contributed by atoms with E-state index in [1.807, 2.05) is 6.92 Å². The second-order valence-electron chi connectivity index (χ2n) is 5.95. The summed E-state index contributed by atoms with van der Waals surface area (Å²) < 4.78 is 24.3. The minimum atomic E-state index is -0.357. The molecule has 1 atom stereocenters. The number of hydrogen-bond acceptors (Lipinski definition) is 5. The van der Waals surface area contributed by atoms with Crippen LogP contribution in [0.25, 0.3) is 11.3 Å². The van der Waals surface area contributed by atoms with E-state index >= 15 is 0 Å². The highest BCUT2D eigenvalue weighted by Crippen LogP contribution is 2.22. The summed E-state index contributed by atoms with van der Waals surface area (Å²) in [6.45, 7) is 5.03. The summed E-state index contributed by atoms with van der Waals surface area (Å²) in [4.78, 5) is 14.6. The molecular weight excluding hydrogens is 325 g/mol. The summed E-state index contributed by atoms with van der Waals surface area (Å²) in [6.07, 6.45) is 0.725. The summed E-state index contributed by atoms with van der Waals surface area (Å²) in [5.41, 5.74) is 0.797. The fraction of sp³-hybridized carbons (Fsp3) is 0.444. The fourth-order valence-electron chi connectivity index (χ4n) is 2.98. The van der Waals surface area contributed by atoms with Crippen LogP contribution in [0.1, 0.15) is 19.1 Å². The molecule has 1 N–H and O–H groups in total. The molecule has 1 fully saturated rings. The van der Waals surface area contributed by atoms with Gasteiger partial charge in [-0.25, -0.2) is 4.39 Å². The van der Waals surface area contributed by atoms with Crippen molar-refractivity contribution < 1.29 is 18.4 Å². The third kappa shape index (κ3) is 4.24. The fourth-order valence-corrected chi connectivity index (χ4v) is 2.98. The van der Waals surface area contributed by atoms with Gasteiger partial charge in [0, 0.05) is 24.7 Å². The van der Waals surface area contributed by atoms with Crippen LogP contribution in [-0.2, 0) is 16.1 Å². The van der Waals surface area contributed by atoms with E-state index in [1.165, 1.54) is 6.07 Å². The molecule has 1 aromatic heterocycles. The predicted octanol–water partition coefficient (Wildman–Crippen LogP) is 2.21. The molecule has 0 unspecified atom stereocenters. The molecule has 6 nitrogen and oxygen atoms in total. The number of benzene rings is 1. The lowest BCUT2D eigenvalue weighted by atomic mass is 10.1. The third-order valence-electron chi connectivity index (χ3n) is 4.32. The van der Waals surface area contributed by atoms with Gasteiger partial charge < -0.3 is 14.6 Å². The van der Waals surface area contributed by atoms with E-state index in [9.17, 15) is 9.18 Å². The number of morpholine rings is 1. The normalized spacial score (nSPS) is 16.6. The van der Waals surface area contributed by atoms with E-state index in [-0.39, 0.29) is 24.3 Å². The average Bonchev–Trinajstić information content (AvgIpc) is 3.11. The highest BCUT2D eigenvalue weighted by Gasteiger charge is 2.25. The minimum absolute atomic E-state index is 0.0479. The molecule has 3 rings (SSSR count). The van der Waals surface area contributed by atoms with E-state index in [0.29, 0.717) is 30.2 Å². The first kappa shape index (κ1) is 17.6. The van der Waals surface area contributed by atoms with Crippen molar-refractivity contribution in [1.82, 2.24) is 15.4 Å². The van der Waals surface area contributed by atoms with Gasteiger partial charge in [0.05, 0.1) is 25.8 Å². The first-order chi connectivity index (χ1) is 12.2. The number of nitrogens with one attached hydrogen (secondary N) is 1. The molecule has 134 valence electrons. The third-order valence-corrected chi connectivity index (χ3v) is 4.32. The molecule has 7 heteroatoms. The number of hydrogen-bond donors (Lipinski definition) is 1. The van der Waals surface area contributed by atoms with Gasteiger partial charge in [-0.1, -0.05) is 24.2 Å². The van der Waals surface area contributed by atoms with Crippen molar-refractivity contribution in [3.05, 3.63) is 41.9 Å². The highest BCUT2D eigenvalue weighted by atomic mass is 19.1. The zero-order valence-electron chi connectivity index (χ0n) is 14.2. The molecule has 0 spiro atoms. The maximum atomic E-state index is 13.8. The van der Waals surface area contributed by atoms with Crippen molar-refractivity contribution in [2.24, 2.45) is 0 Å². The lowest BCUT2D eigenvalue weighted by Crippen LogP contribution is -2.50. The number of halogens is 1. The maximum Gasteiger partial charge on any atom is 0.237 e. The molecule has 1 amide bonds. The SMILES string of the molecule is CC[C@H](C(=O)NCc1cc(-c2ccccc2F)no1)N1CCOCC1. The van der Waals surface area contributed by atoms with Crippen LogP contribution >= 0.6 is 0 Å². The van der Waals surface area contributed by atoms with Crippen LogP contribution < -0.4 is 5.32 Å². The van der Waals surface area contributed by atoms with Crippen molar-refractivity contribution >= 4 is 5.91 Å².